The van der Waals surface area contributed by atoms with Crippen molar-refractivity contribution >= 4 is 22.4 Å². The fraction of sp³-hybridized carbons (Fsp3) is 0.333. The maximum absolute atomic E-state index is 12.4. The maximum Gasteiger partial charge on any atom is 0.230 e. The van der Waals surface area contributed by atoms with Gasteiger partial charge in [0.25, 0.3) is 0 Å². The smallest absolute Gasteiger partial charge is 0.230 e. The number of amides is 1. The fourth-order valence-electron chi connectivity index (χ4n) is 3.91. The van der Waals surface area contributed by atoms with Crippen LogP contribution >= 0.6 is 11.3 Å². The standard InChI is InChI=1S/C24H27N3O3S/c1-16-5-4-6-17(9-16)10-23(28)26-24-25-20(15-31-24)14-27-8-7-18-11-21(29-2)22(30-3)12-19(18)13-27/h4-6,9,11-12,15H,7-8,10,13-14H2,1-3H3,(H,25,26,28). The van der Waals surface area contributed by atoms with E-state index in [0.29, 0.717) is 11.6 Å². The number of hydrogen-bond acceptors (Lipinski definition) is 6. The molecule has 2 aromatic carbocycles. The minimum atomic E-state index is -0.0422. The molecule has 162 valence electrons. The number of aromatic nitrogens is 1. The van der Waals surface area contributed by atoms with Crippen molar-refractivity contribution in [1.82, 2.24) is 9.88 Å². The summed E-state index contributed by atoms with van der Waals surface area (Å²) in [7, 11) is 3.33. The lowest BCUT2D eigenvalue weighted by atomic mass is 9.98. The molecule has 0 saturated carbocycles. The van der Waals surface area contributed by atoms with Gasteiger partial charge in [-0.1, -0.05) is 29.8 Å². The molecule has 0 atom stereocenters. The number of aryl methyl sites for hydroxylation is 1. The summed E-state index contributed by atoms with van der Waals surface area (Å²) in [6, 6.07) is 12.2. The number of carbonyl (C=O) groups is 1. The molecule has 2 heterocycles. The van der Waals surface area contributed by atoms with Gasteiger partial charge < -0.3 is 14.8 Å². The number of benzene rings is 2. The van der Waals surface area contributed by atoms with Crippen molar-refractivity contribution in [3.8, 4) is 11.5 Å². The average Bonchev–Trinajstić information content (AvgIpc) is 3.19. The second kappa shape index (κ2) is 9.49. The van der Waals surface area contributed by atoms with Crippen LogP contribution in [0, 0.1) is 6.92 Å². The molecule has 4 rings (SSSR count). The van der Waals surface area contributed by atoms with Gasteiger partial charge in [0.05, 0.1) is 26.3 Å². The molecule has 1 aromatic heterocycles. The summed E-state index contributed by atoms with van der Waals surface area (Å²) < 4.78 is 10.9. The summed E-state index contributed by atoms with van der Waals surface area (Å²) >= 11 is 1.47. The van der Waals surface area contributed by atoms with E-state index in [1.807, 2.05) is 36.6 Å². The molecular formula is C24H27N3O3S. The SMILES string of the molecule is COc1cc2c(cc1OC)CN(Cc1csc(NC(=O)Cc3cccc(C)c3)n1)CC2. The zero-order chi connectivity index (χ0) is 21.8. The number of fused-ring (bicyclic) bond motifs is 1. The minimum Gasteiger partial charge on any atom is -0.493 e. The van der Waals surface area contributed by atoms with Gasteiger partial charge in [0, 0.05) is 25.0 Å². The van der Waals surface area contributed by atoms with Crippen LogP contribution in [0.5, 0.6) is 11.5 Å². The number of carbonyl (C=O) groups excluding carboxylic acids is 1. The Hall–Kier alpha value is -2.90. The van der Waals surface area contributed by atoms with Gasteiger partial charge in [-0.15, -0.1) is 11.3 Å². The van der Waals surface area contributed by atoms with Gasteiger partial charge in [0.2, 0.25) is 5.91 Å². The van der Waals surface area contributed by atoms with Crippen molar-refractivity contribution in [2.24, 2.45) is 0 Å². The molecule has 1 aliphatic rings. The molecule has 0 fully saturated rings. The number of anilines is 1. The lowest BCUT2D eigenvalue weighted by Gasteiger charge is -2.29. The normalized spacial score (nSPS) is 13.5. The molecule has 3 aromatic rings. The summed E-state index contributed by atoms with van der Waals surface area (Å²) in [4.78, 5) is 19.3. The number of rotatable bonds is 7. The van der Waals surface area contributed by atoms with Crippen LogP contribution in [0.2, 0.25) is 0 Å². The number of methoxy groups -OCH3 is 2. The van der Waals surface area contributed by atoms with Crippen LogP contribution in [0.15, 0.2) is 41.8 Å². The van der Waals surface area contributed by atoms with E-state index in [1.54, 1.807) is 14.2 Å². The summed E-state index contributed by atoms with van der Waals surface area (Å²) in [6.45, 7) is 4.56. The summed E-state index contributed by atoms with van der Waals surface area (Å²) in [5.41, 5.74) is 5.69. The minimum absolute atomic E-state index is 0.0422. The maximum atomic E-state index is 12.4. The highest BCUT2D eigenvalue weighted by atomic mass is 32.1. The Kier molecular flexibility index (Phi) is 6.53. The molecular weight excluding hydrogens is 410 g/mol. The highest BCUT2D eigenvalue weighted by Crippen LogP contribution is 2.33. The molecule has 1 N–H and O–H groups in total. The van der Waals surface area contributed by atoms with Crippen LogP contribution in [0.3, 0.4) is 0 Å². The van der Waals surface area contributed by atoms with E-state index in [-0.39, 0.29) is 5.91 Å². The third kappa shape index (κ3) is 5.24. The Morgan fingerprint density at radius 1 is 1.16 bits per heavy atom. The number of thiazole rings is 1. The second-order valence-electron chi connectivity index (χ2n) is 7.79. The Morgan fingerprint density at radius 2 is 1.94 bits per heavy atom. The summed E-state index contributed by atoms with van der Waals surface area (Å²) in [5.74, 6) is 1.50. The number of nitrogens with one attached hydrogen (secondary N) is 1. The fourth-order valence-corrected chi connectivity index (χ4v) is 4.63. The topological polar surface area (TPSA) is 63.7 Å². The first kappa shape index (κ1) is 21.3. The lowest BCUT2D eigenvalue weighted by molar-refractivity contribution is -0.115. The molecule has 7 heteroatoms. The highest BCUT2D eigenvalue weighted by molar-refractivity contribution is 7.13. The van der Waals surface area contributed by atoms with E-state index < -0.39 is 0 Å². The Labute approximate surface area is 186 Å². The zero-order valence-corrected chi connectivity index (χ0v) is 18.9. The van der Waals surface area contributed by atoms with Crippen molar-refractivity contribution in [3.05, 3.63) is 69.7 Å². The molecule has 0 radical (unpaired) electrons. The van der Waals surface area contributed by atoms with E-state index in [2.05, 4.69) is 27.3 Å². The second-order valence-corrected chi connectivity index (χ2v) is 8.65. The van der Waals surface area contributed by atoms with Crippen molar-refractivity contribution in [2.75, 3.05) is 26.1 Å². The summed E-state index contributed by atoms with van der Waals surface area (Å²) in [6.07, 6.45) is 1.31. The average molecular weight is 438 g/mol. The highest BCUT2D eigenvalue weighted by Gasteiger charge is 2.20. The van der Waals surface area contributed by atoms with Gasteiger partial charge >= 0.3 is 0 Å². The molecule has 0 aliphatic carbocycles. The van der Waals surface area contributed by atoms with E-state index >= 15 is 0 Å². The third-order valence-corrected chi connectivity index (χ3v) is 6.23. The number of ether oxygens (including phenoxy) is 2. The zero-order valence-electron chi connectivity index (χ0n) is 18.1. The predicted molar refractivity (Wildman–Crippen MR) is 123 cm³/mol. The van der Waals surface area contributed by atoms with Crippen molar-refractivity contribution in [1.29, 1.82) is 0 Å². The van der Waals surface area contributed by atoms with Crippen molar-refractivity contribution in [2.45, 2.75) is 32.9 Å². The monoisotopic (exact) mass is 437 g/mol. The summed E-state index contributed by atoms with van der Waals surface area (Å²) in [5, 5.41) is 5.60. The molecule has 0 unspecified atom stereocenters. The van der Waals surface area contributed by atoms with Gasteiger partial charge in [0.15, 0.2) is 16.6 Å². The molecule has 0 spiro atoms. The van der Waals surface area contributed by atoms with E-state index in [0.717, 1.165) is 54.4 Å². The van der Waals surface area contributed by atoms with Crippen LogP contribution in [0.4, 0.5) is 5.13 Å². The van der Waals surface area contributed by atoms with E-state index in [9.17, 15) is 4.79 Å². The Morgan fingerprint density at radius 3 is 2.68 bits per heavy atom. The first-order valence-electron chi connectivity index (χ1n) is 10.3. The Balaban J connectivity index is 1.35. The van der Waals surface area contributed by atoms with Gasteiger partial charge in [-0.25, -0.2) is 4.98 Å². The molecule has 6 nitrogen and oxygen atoms in total. The molecule has 31 heavy (non-hydrogen) atoms. The quantitative estimate of drug-likeness (QED) is 0.600. The molecule has 0 saturated heterocycles. The Bertz CT molecular complexity index is 1080. The molecule has 1 aliphatic heterocycles. The van der Waals surface area contributed by atoms with Gasteiger partial charge in [-0.2, -0.15) is 0 Å². The first-order chi connectivity index (χ1) is 15.0. The van der Waals surface area contributed by atoms with Crippen LogP contribution in [0.1, 0.15) is 27.9 Å². The van der Waals surface area contributed by atoms with Crippen molar-refractivity contribution < 1.29 is 14.3 Å². The van der Waals surface area contributed by atoms with E-state index in [4.69, 9.17) is 9.47 Å². The van der Waals surface area contributed by atoms with Gasteiger partial charge in [0.1, 0.15) is 0 Å². The third-order valence-electron chi connectivity index (χ3n) is 5.43. The molecule has 1 amide bonds. The van der Waals surface area contributed by atoms with Crippen LogP contribution in [0.25, 0.3) is 0 Å². The number of hydrogen-bond donors (Lipinski definition) is 1. The predicted octanol–water partition coefficient (Wildman–Crippen LogP) is 4.21. The lowest BCUT2D eigenvalue weighted by Crippen LogP contribution is -2.30. The van der Waals surface area contributed by atoms with Crippen LogP contribution < -0.4 is 14.8 Å². The number of nitrogens with zero attached hydrogens (tertiary/aromatic N) is 2. The van der Waals surface area contributed by atoms with Crippen LogP contribution in [-0.4, -0.2) is 36.6 Å². The largest absolute Gasteiger partial charge is 0.493 e. The van der Waals surface area contributed by atoms with E-state index in [1.165, 1.54) is 22.5 Å². The first-order valence-corrected chi connectivity index (χ1v) is 11.2. The molecule has 0 bridgehead atoms. The van der Waals surface area contributed by atoms with Crippen LogP contribution in [-0.2, 0) is 30.7 Å². The van der Waals surface area contributed by atoms with Gasteiger partial charge in [-0.3, -0.25) is 9.69 Å². The van der Waals surface area contributed by atoms with Gasteiger partial charge in [-0.05, 0) is 42.2 Å². The van der Waals surface area contributed by atoms with Crippen molar-refractivity contribution in [3.63, 3.8) is 0 Å².